The van der Waals surface area contributed by atoms with Crippen molar-refractivity contribution in [2.24, 2.45) is 5.92 Å². The van der Waals surface area contributed by atoms with Crippen molar-refractivity contribution < 1.29 is 14.6 Å². The monoisotopic (exact) mass is 360 g/mol. The summed E-state index contributed by atoms with van der Waals surface area (Å²) < 4.78 is 5.51. The fourth-order valence-corrected chi connectivity index (χ4v) is 3.56. The molecule has 2 N–H and O–H groups in total. The number of ether oxygens (including phenoxy) is 1. The summed E-state index contributed by atoms with van der Waals surface area (Å²) in [7, 11) is 0. The minimum absolute atomic E-state index is 0. The van der Waals surface area contributed by atoms with E-state index in [0.717, 1.165) is 17.3 Å². The van der Waals surface area contributed by atoms with Crippen molar-refractivity contribution in [3.63, 3.8) is 0 Å². The molecule has 2 unspecified atom stereocenters. The Morgan fingerprint density at radius 3 is 3.04 bits per heavy atom. The van der Waals surface area contributed by atoms with Gasteiger partial charge in [-0.05, 0) is 36.8 Å². The topological polar surface area (TPSA) is 61.8 Å². The zero-order chi connectivity index (χ0) is 15.4. The van der Waals surface area contributed by atoms with E-state index in [0.29, 0.717) is 32.7 Å². The molecule has 23 heavy (non-hydrogen) atoms. The number of nitrogens with zero attached hydrogens (tertiary/aromatic N) is 1. The third kappa shape index (κ3) is 5.43. The summed E-state index contributed by atoms with van der Waals surface area (Å²) in [6, 6.07) is 3.83. The van der Waals surface area contributed by atoms with Gasteiger partial charge in [-0.3, -0.25) is 4.79 Å². The van der Waals surface area contributed by atoms with Gasteiger partial charge in [0.2, 0.25) is 5.91 Å². The average molecular weight is 361 g/mol. The van der Waals surface area contributed by atoms with Crippen LogP contribution in [-0.2, 0) is 9.53 Å². The van der Waals surface area contributed by atoms with Crippen LogP contribution in [-0.4, -0.2) is 54.8 Å². The maximum Gasteiger partial charge on any atom is 0.236 e. The molecule has 2 atom stereocenters. The second-order valence-electron chi connectivity index (χ2n) is 6.16. The highest BCUT2D eigenvalue weighted by Crippen LogP contribution is 2.28. The van der Waals surface area contributed by atoms with Crippen molar-refractivity contribution in [1.82, 2.24) is 10.2 Å². The third-order valence-corrected chi connectivity index (χ3v) is 5.29. The normalized spacial score (nSPS) is 22.5. The molecule has 1 aromatic rings. The van der Waals surface area contributed by atoms with Gasteiger partial charge >= 0.3 is 0 Å². The first-order valence-corrected chi connectivity index (χ1v) is 8.91. The first-order valence-electron chi connectivity index (χ1n) is 8.03. The lowest BCUT2D eigenvalue weighted by Gasteiger charge is -2.36. The van der Waals surface area contributed by atoms with E-state index >= 15 is 0 Å². The largest absolute Gasteiger partial charge is 0.387 e. The van der Waals surface area contributed by atoms with Crippen LogP contribution in [0.1, 0.15) is 30.2 Å². The molecule has 2 fully saturated rings. The molecule has 0 aromatic carbocycles. The van der Waals surface area contributed by atoms with Gasteiger partial charge < -0.3 is 20.1 Å². The summed E-state index contributed by atoms with van der Waals surface area (Å²) in [6.07, 6.45) is 2.58. The number of hydrogen-bond acceptors (Lipinski definition) is 5. The second kappa shape index (κ2) is 8.99. The minimum atomic E-state index is -0.526. The first kappa shape index (κ1) is 18.7. The molecule has 1 saturated heterocycles. The number of morpholine rings is 1. The van der Waals surface area contributed by atoms with Gasteiger partial charge in [-0.2, -0.15) is 0 Å². The summed E-state index contributed by atoms with van der Waals surface area (Å²) in [5.41, 5.74) is 0. The van der Waals surface area contributed by atoms with E-state index in [1.165, 1.54) is 12.8 Å². The minimum Gasteiger partial charge on any atom is -0.387 e. The van der Waals surface area contributed by atoms with E-state index in [4.69, 9.17) is 4.74 Å². The van der Waals surface area contributed by atoms with Gasteiger partial charge in [-0.15, -0.1) is 23.7 Å². The van der Waals surface area contributed by atoms with Crippen LogP contribution in [0, 0.1) is 5.92 Å². The number of aliphatic hydroxyl groups excluding tert-OH is 1. The van der Waals surface area contributed by atoms with Gasteiger partial charge in [0.15, 0.2) is 0 Å². The second-order valence-corrected chi connectivity index (χ2v) is 7.14. The molecule has 5 nitrogen and oxygen atoms in total. The Morgan fingerprint density at radius 2 is 2.35 bits per heavy atom. The van der Waals surface area contributed by atoms with Gasteiger partial charge in [-0.1, -0.05) is 6.07 Å². The molecule has 2 heterocycles. The molecule has 7 heteroatoms. The van der Waals surface area contributed by atoms with Crippen LogP contribution in [0.4, 0.5) is 0 Å². The van der Waals surface area contributed by atoms with Crippen LogP contribution in [0.2, 0.25) is 0 Å². The number of hydrogen-bond donors (Lipinski definition) is 2. The van der Waals surface area contributed by atoms with Crippen LogP contribution in [0.3, 0.4) is 0 Å². The summed E-state index contributed by atoms with van der Waals surface area (Å²) in [4.78, 5) is 15.2. The van der Waals surface area contributed by atoms with E-state index in [-0.39, 0.29) is 24.4 Å². The lowest BCUT2D eigenvalue weighted by Crippen LogP contribution is -2.51. The Hall–Kier alpha value is -0.660. The zero-order valence-corrected chi connectivity index (χ0v) is 14.8. The predicted octanol–water partition coefficient (Wildman–Crippen LogP) is 1.82. The number of carbonyl (C=O) groups excluding carboxylic acids is 1. The maximum atomic E-state index is 12.4. The molecule has 1 saturated carbocycles. The third-order valence-electron chi connectivity index (χ3n) is 4.32. The first-order chi connectivity index (χ1) is 10.7. The summed E-state index contributed by atoms with van der Waals surface area (Å²) in [5, 5.41) is 15.5. The number of halogens is 1. The van der Waals surface area contributed by atoms with Crippen molar-refractivity contribution in [1.29, 1.82) is 0 Å². The lowest BCUT2D eigenvalue weighted by atomic mass is 10.1. The molecule has 0 radical (unpaired) electrons. The summed E-state index contributed by atoms with van der Waals surface area (Å²) >= 11 is 1.55. The van der Waals surface area contributed by atoms with Gasteiger partial charge in [0.1, 0.15) is 0 Å². The number of aliphatic hydroxyl groups is 1. The van der Waals surface area contributed by atoms with Crippen molar-refractivity contribution in [2.45, 2.75) is 31.4 Å². The highest BCUT2D eigenvalue weighted by atomic mass is 35.5. The molecule has 130 valence electrons. The molecule has 0 spiro atoms. The van der Waals surface area contributed by atoms with Crippen LogP contribution < -0.4 is 5.32 Å². The SMILES string of the molecule is Cl.O=C(CNCC1CC1)N1CCOCC1CC(O)c1cccs1. The van der Waals surface area contributed by atoms with Gasteiger partial charge in [0.05, 0.1) is 31.9 Å². The highest BCUT2D eigenvalue weighted by molar-refractivity contribution is 7.10. The maximum absolute atomic E-state index is 12.4. The number of rotatable bonds is 7. The van der Waals surface area contributed by atoms with E-state index in [1.54, 1.807) is 11.3 Å². The molecular formula is C16H25ClN2O3S. The van der Waals surface area contributed by atoms with E-state index in [9.17, 15) is 9.90 Å². The Kier molecular flexibility index (Phi) is 7.30. The zero-order valence-electron chi connectivity index (χ0n) is 13.1. The molecule has 1 aliphatic heterocycles. The summed E-state index contributed by atoms with van der Waals surface area (Å²) in [5.74, 6) is 0.890. The fourth-order valence-electron chi connectivity index (χ4n) is 2.84. The quantitative estimate of drug-likeness (QED) is 0.778. The van der Waals surface area contributed by atoms with Crippen molar-refractivity contribution in [3.8, 4) is 0 Å². The lowest BCUT2D eigenvalue weighted by molar-refractivity contribution is -0.140. The molecule has 1 aromatic heterocycles. The predicted molar refractivity (Wildman–Crippen MR) is 93.1 cm³/mol. The van der Waals surface area contributed by atoms with E-state index in [1.807, 2.05) is 22.4 Å². The number of thiophene rings is 1. The Labute approximate surface area is 147 Å². The number of nitrogens with one attached hydrogen (secondary N) is 1. The smallest absolute Gasteiger partial charge is 0.236 e. The van der Waals surface area contributed by atoms with Gasteiger partial charge in [0.25, 0.3) is 0 Å². The van der Waals surface area contributed by atoms with Crippen LogP contribution >= 0.6 is 23.7 Å². The Morgan fingerprint density at radius 1 is 1.52 bits per heavy atom. The number of carbonyl (C=O) groups is 1. The molecule has 2 aliphatic rings. The Bertz CT molecular complexity index is 482. The Balaban J connectivity index is 0.00000192. The van der Waals surface area contributed by atoms with Gasteiger partial charge in [-0.25, -0.2) is 0 Å². The van der Waals surface area contributed by atoms with Gasteiger partial charge in [0, 0.05) is 17.8 Å². The van der Waals surface area contributed by atoms with Crippen LogP contribution in [0.25, 0.3) is 0 Å². The molecular weight excluding hydrogens is 336 g/mol. The highest BCUT2D eigenvalue weighted by Gasteiger charge is 2.30. The van der Waals surface area contributed by atoms with Crippen molar-refractivity contribution >= 4 is 29.7 Å². The molecule has 3 rings (SSSR count). The van der Waals surface area contributed by atoms with E-state index < -0.39 is 6.10 Å². The standard InChI is InChI=1S/C16H24N2O3S.ClH/c19-14(15-2-1-7-22-15)8-13-11-21-6-5-18(13)16(20)10-17-9-12-3-4-12;/h1-2,7,12-14,17,19H,3-6,8-11H2;1H. The average Bonchev–Trinajstić information content (AvgIpc) is 3.17. The molecule has 1 amide bonds. The molecule has 1 aliphatic carbocycles. The number of amides is 1. The van der Waals surface area contributed by atoms with Crippen molar-refractivity contribution in [3.05, 3.63) is 22.4 Å². The van der Waals surface area contributed by atoms with Crippen LogP contribution in [0.15, 0.2) is 17.5 Å². The van der Waals surface area contributed by atoms with Crippen molar-refractivity contribution in [2.75, 3.05) is 32.8 Å². The summed E-state index contributed by atoms with van der Waals surface area (Å²) in [6.45, 7) is 3.04. The van der Waals surface area contributed by atoms with Crippen LogP contribution in [0.5, 0.6) is 0 Å². The van der Waals surface area contributed by atoms with E-state index in [2.05, 4.69) is 5.32 Å². The fraction of sp³-hybridized carbons (Fsp3) is 0.688. The molecule has 0 bridgehead atoms.